The van der Waals surface area contributed by atoms with Gasteiger partial charge in [0.25, 0.3) is 0 Å². The third-order valence-corrected chi connectivity index (χ3v) is 2.06. The molecule has 1 atom stereocenters. The summed E-state index contributed by atoms with van der Waals surface area (Å²) >= 11 is 0. The van der Waals surface area contributed by atoms with Crippen LogP contribution in [0.15, 0.2) is 24.3 Å². The molecule has 0 fully saturated rings. The van der Waals surface area contributed by atoms with Crippen molar-refractivity contribution < 1.29 is 9.13 Å². The molecule has 78 valence electrons. The van der Waals surface area contributed by atoms with Gasteiger partial charge in [-0.2, -0.15) is 0 Å². The normalized spacial score (nSPS) is 12.9. The van der Waals surface area contributed by atoms with Gasteiger partial charge in [0.05, 0.1) is 0 Å². The minimum Gasteiger partial charge on any atom is -0.489 e. The second-order valence-electron chi connectivity index (χ2n) is 3.59. The lowest BCUT2D eigenvalue weighted by atomic mass is 10.1. The van der Waals surface area contributed by atoms with Crippen LogP contribution in [0.4, 0.5) is 4.39 Å². The van der Waals surface area contributed by atoms with Gasteiger partial charge in [0, 0.05) is 12.6 Å². The van der Waals surface area contributed by atoms with E-state index in [9.17, 15) is 4.39 Å². The van der Waals surface area contributed by atoms with E-state index >= 15 is 0 Å². The molecule has 0 bridgehead atoms. The monoisotopic (exact) mass is 197 g/mol. The van der Waals surface area contributed by atoms with Gasteiger partial charge in [0.15, 0.2) is 0 Å². The Morgan fingerprint density at radius 1 is 1.43 bits per heavy atom. The maximum atomic E-state index is 12.8. The number of hydrogen-bond donors (Lipinski definition) is 1. The minimum absolute atomic E-state index is 0.0585. The Morgan fingerprint density at radius 3 is 2.64 bits per heavy atom. The highest BCUT2D eigenvalue weighted by molar-refractivity contribution is 5.22. The van der Waals surface area contributed by atoms with Crippen LogP contribution in [0.1, 0.15) is 13.8 Å². The van der Waals surface area contributed by atoms with Gasteiger partial charge in [0.1, 0.15) is 17.7 Å². The predicted octanol–water partition coefficient (Wildman–Crippen LogP) is 2.19. The zero-order valence-electron chi connectivity index (χ0n) is 8.53. The topological polar surface area (TPSA) is 35.2 Å². The summed E-state index contributed by atoms with van der Waals surface area (Å²) < 4.78 is 18.4. The quantitative estimate of drug-likeness (QED) is 0.803. The fourth-order valence-electron chi connectivity index (χ4n) is 1.17. The van der Waals surface area contributed by atoms with E-state index in [1.807, 2.05) is 13.8 Å². The van der Waals surface area contributed by atoms with E-state index in [1.165, 1.54) is 12.1 Å². The summed E-state index contributed by atoms with van der Waals surface area (Å²) in [7, 11) is 0. The summed E-state index contributed by atoms with van der Waals surface area (Å²) in [5, 5.41) is 0. The molecule has 2 nitrogen and oxygen atoms in total. The fraction of sp³-hybridized carbons (Fsp3) is 0.455. The van der Waals surface area contributed by atoms with Crippen molar-refractivity contribution in [3.63, 3.8) is 0 Å². The van der Waals surface area contributed by atoms with Gasteiger partial charge >= 0.3 is 0 Å². The molecule has 14 heavy (non-hydrogen) atoms. The lowest BCUT2D eigenvalue weighted by Gasteiger charge is -2.20. The summed E-state index contributed by atoms with van der Waals surface area (Å²) in [6.07, 6.45) is -0.0585. The second-order valence-corrected chi connectivity index (χ2v) is 3.59. The van der Waals surface area contributed by atoms with Crippen LogP contribution in [0.3, 0.4) is 0 Å². The molecule has 0 aliphatic heterocycles. The molecular weight excluding hydrogens is 181 g/mol. The van der Waals surface area contributed by atoms with E-state index in [0.29, 0.717) is 18.2 Å². The largest absolute Gasteiger partial charge is 0.489 e. The summed E-state index contributed by atoms with van der Waals surface area (Å²) in [6, 6.07) is 6.11. The van der Waals surface area contributed by atoms with Gasteiger partial charge in [0.2, 0.25) is 0 Å². The average molecular weight is 197 g/mol. The molecule has 2 N–H and O–H groups in total. The summed E-state index contributed by atoms with van der Waals surface area (Å²) in [5.74, 6) is 0.569. The zero-order chi connectivity index (χ0) is 10.6. The standard InChI is InChI=1S/C11H16FNO/c1-8(2)11(7-13)14-10-5-3-4-9(12)6-10/h3-6,8,11H,7,13H2,1-2H3. The van der Waals surface area contributed by atoms with Gasteiger partial charge < -0.3 is 10.5 Å². The first-order valence-electron chi connectivity index (χ1n) is 4.75. The lowest BCUT2D eigenvalue weighted by Crippen LogP contribution is -2.31. The molecule has 0 spiro atoms. The Morgan fingerprint density at radius 2 is 2.14 bits per heavy atom. The van der Waals surface area contributed by atoms with Crippen LogP contribution in [0, 0.1) is 11.7 Å². The lowest BCUT2D eigenvalue weighted by molar-refractivity contribution is 0.159. The Balaban J connectivity index is 2.67. The molecule has 0 saturated heterocycles. The van der Waals surface area contributed by atoms with Crippen LogP contribution in [-0.4, -0.2) is 12.6 Å². The molecule has 1 rings (SSSR count). The molecule has 1 aromatic carbocycles. The Kier molecular flexibility index (Phi) is 3.89. The van der Waals surface area contributed by atoms with E-state index in [1.54, 1.807) is 12.1 Å². The Labute approximate surface area is 83.9 Å². The fourth-order valence-corrected chi connectivity index (χ4v) is 1.17. The van der Waals surface area contributed by atoms with Crippen molar-refractivity contribution in [2.75, 3.05) is 6.54 Å². The molecule has 0 amide bonds. The molecule has 0 aliphatic carbocycles. The molecule has 0 radical (unpaired) electrons. The van der Waals surface area contributed by atoms with E-state index in [0.717, 1.165) is 0 Å². The molecule has 0 aromatic heterocycles. The number of ether oxygens (including phenoxy) is 1. The third kappa shape index (κ3) is 3.00. The maximum Gasteiger partial charge on any atom is 0.126 e. The van der Waals surface area contributed by atoms with E-state index in [4.69, 9.17) is 10.5 Å². The first-order valence-corrected chi connectivity index (χ1v) is 4.75. The smallest absolute Gasteiger partial charge is 0.126 e. The van der Waals surface area contributed by atoms with E-state index in [-0.39, 0.29) is 11.9 Å². The van der Waals surface area contributed by atoms with Crippen molar-refractivity contribution in [3.8, 4) is 5.75 Å². The van der Waals surface area contributed by atoms with Gasteiger partial charge in [-0.25, -0.2) is 4.39 Å². The van der Waals surface area contributed by atoms with Gasteiger partial charge in [-0.1, -0.05) is 19.9 Å². The van der Waals surface area contributed by atoms with Crippen molar-refractivity contribution in [2.45, 2.75) is 20.0 Å². The summed E-state index contributed by atoms with van der Waals surface area (Å²) in [4.78, 5) is 0. The highest BCUT2D eigenvalue weighted by Crippen LogP contribution is 2.16. The number of rotatable bonds is 4. The van der Waals surface area contributed by atoms with Gasteiger partial charge in [-0.3, -0.25) is 0 Å². The van der Waals surface area contributed by atoms with Crippen LogP contribution in [-0.2, 0) is 0 Å². The van der Waals surface area contributed by atoms with Crippen molar-refractivity contribution in [1.82, 2.24) is 0 Å². The van der Waals surface area contributed by atoms with Gasteiger partial charge in [-0.15, -0.1) is 0 Å². The Hall–Kier alpha value is -1.09. The third-order valence-electron chi connectivity index (χ3n) is 2.06. The Bertz CT molecular complexity index is 288. The van der Waals surface area contributed by atoms with Crippen LogP contribution in [0.5, 0.6) is 5.75 Å². The van der Waals surface area contributed by atoms with E-state index in [2.05, 4.69) is 0 Å². The molecule has 1 aromatic rings. The highest BCUT2D eigenvalue weighted by Gasteiger charge is 2.12. The van der Waals surface area contributed by atoms with E-state index < -0.39 is 0 Å². The first kappa shape index (κ1) is 11.0. The average Bonchev–Trinajstić information content (AvgIpc) is 2.14. The number of halogens is 1. The van der Waals surface area contributed by atoms with Crippen molar-refractivity contribution >= 4 is 0 Å². The zero-order valence-corrected chi connectivity index (χ0v) is 8.53. The SMILES string of the molecule is CC(C)C(CN)Oc1cccc(F)c1. The summed E-state index contributed by atoms with van der Waals surface area (Å²) in [6.45, 7) is 4.49. The van der Waals surface area contributed by atoms with Crippen LogP contribution in [0.25, 0.3) is 0 Å². The molecule has 0 heterocycles. The highest BCUT2D eigenvalue weighted by atomic mass is 19.1. The molecule has 0 aliphatic rings. The number of hydrogen-bond acceptors (Lipinski definition) is 2. The van der Waals surface area contributed by atoms with Crippen molar-refractivity contribution in [2.24, 2.45) is 11.7 Å². The number of nitrogens with two attached hydrogens (primary N) is 1. The summed E-state index contributed by atoms with van der Waals surface area (Å²) in [5.41, 5.74) is 5.54. The van der Waals surface area contributed by atoms with Crippen LogP contribution < -0.4 is 10.5 Å². The predicted molar refractivity (Wildman–Crippen MR) is 54.7 cm³/mol. The first-order chi connectivity index (χ1) is 6.63. The minimum atomic E-state index is -0.290. The molecule has 1 unspecified atom stereocenters. The van der Waals surface area contributed by atoms with Crippen LogP contribution in [0.2, 0.25) is 0 Å². The molecule has 0 saturated carbocycles. The second kappa shape index (κ2) is 4.96. The van der Waals surface area contributed by atoms with Crippen LogP contribution >= 0.6 is 0 Å². The molecule has 3 heteroatoms. The van der Waals surface area contributed by atoms with Crippen molar-refractivity contribution in [1.29, 1.82) is 0 Å². The maximum absolute atomic E-state index is 12.8. The molecular formula is C11H16FNO. The van der Waals surface area contributed by atoms with Crippen molar-refractivity contribution in [3.05, 3.63) is 30.1 Å². The number of benzene rings is 1. The van der Waals surface area contributed by atoms with Gasteiger partial charge in [-0.05, 0) is 18.1 Å².